The van der Waals surface area contributed by atoms with Gasteiger partial charge in [-0.15, -0.1) is 0 Å². The largest absolute Gasteiger partial charge is 0.303 e. The SMILES string of the molecule is CN(C)C(C)(C)CNS(=O)(=O)c1cc(N=[N+]=[N-])ccc1Cl. The predicted octanol–water partition coefficient (Wildman–Crippen LogP) is 2.90. The molecule has 0 bridgehead atoms. The summed E-state index contributed by atoms with van der Waals surface area (Å²) in [6, 6.07) is 4.08. The average Bonchev–Trinajstić information content (AvgIpc) is 2.39. The van der Waals surface area contributed by atoms with Crippen molar-refractivity contribution in [2.75, 3.05) is 20.6 Å². The van der Waals surface area contributed by atoms with Crippen LogP contribution >= 0.6 is 11.6 Å². The van der Waals surface area contributed by atoms with Crippen LogP contribution in [0.15, 0.2) is 28.2 Å². The molecular weight excluding hydrogens is 314 g/mol. The molecule has 9 heteroatoms. The normalized spacial score (nSPS) is 12.3. The van der Waals surface area contributed by atoms with E-state index in [9.17, 15) is 8.42 Å². The third kappa shape index (κ3) is 4.59. The molecule has 0 saturated heterocycles. The minimum absolute atomic E-state index is 0.0713. The molecule has 0 saturated carbocycles. The number of hydrogen-bond donors (Lipinski definition) is 1. The van der Waals surface area contributed by atoms with Gasteiger partial charge in [0.1, 0.15) is 4.90 Å². The van der Waals surface area contributed by atoms with Gasteiger partial charge in [-0.25, -0.2) is 13.1 Å². The molecule has 1 aromatic carbocycles. The second kappa shape index (κ2) is 6.64. The van der Waals surface area contributed by atoms with Crippen molar-refractivity contribution in [3.05, 3.63) is 33.7 Å². The van der Waals surface area contributed by atoms with Gasteiger partial charge in [0.25, 0.3) is 0 Å². The maximum absolute atomic E-state index is 12.3. The van der Waals surface area contributed by atoms with E-state index in [2.05, 4.69) is 14.7 Å². The molecule has 0 spiro atoms. The second-order valence-corrected chi connectivity index (χ2v) is 7.48. The van der Waals surface area contributed by atoms with Gasteiger partial charge in [-0.1, -0.05) is 22.8 Å². The Hall–Kier alpha value is -1.31. The number of nitrogens with one attached hydrogen (secondary N) is 1. The van der Waals surface area contributed by atoms with Crippen molar-refractivity contribution in [1.82, 2.24) is 9.62 Å². The van der Waals surface area contributed by atoms with Crippen LogP contribution in [0.3, 0.4) is 0 Å². The van der Waals surface area contributed by atoms with Gasteiger partial charge >= 0.3 is 0 Å². The summed E-state index contributed by atoms with van der Waals surface area (Å²) in [7, 11) is -0.0612. The van der Waals surface area contributed by atoms with E-state index >= 15 is 0 Å². The molecule has 1 rings (SSSR count). The Balaban J connectivity index is 3.08. The molecule has 7 nitrogen and oxygen atoms in total. The average molecular weight is 332 g/mol. The molecule has 21 heavy (non-hydrogen) atoms. The van der Waals surface area contributed by atoms with E-state index in [1.165, 1.54) is 18.2 Å². The van der Waals surface area contributed by atoms with Crippen LogP contribution in [0, 0.1) is 0 Å². The Kier molecular flexibility index (Phi) is 5.61. The van der Waals surface area contributed by atoms with Crippen LogP contribution in [0.2, 0.25) is 5.02 Å². The van der Waals surface area contributed by atoms with Crippen molar-refractivity contribution >= 4 is 27.3 Å². The highest BCUT2D eigenvalue weighted by atomic mass is 35.5. The zero-order valence-corrected chi connectivity index (χ0v) is 13.9. The van der Waals surface area contributed by atoms with Gasteiger partial charge in [0.15, 0.2) is 0 Å². The molecular formula is C12H18ClN5O2S. The Bertz CT molecular complexity index is 666. The monoisotopic (exact) mass is 331 g/mol. The number of nitrogens with zero attached hydrogens (tertiary/aromatic N) is 4. The van der Waals surface area contributed by atoms with Gasteiger partial charge in [-0.3, -0.25) is 0 Å². The number of benzene rings is 1. The molecule has 0 unspecified atom stereocenters. The molecule has 1 aromatic rings. The summed E-state index contributed by atoms with van der Waals surface area (Å²) in [6.45, 7) is 4.03. The minimum atomic E-state index is -3.79. The first-order valence-electron chi connectivity index (χ1n) is 6.12. The summed E-state index contributed by atoms with van der Waals surface area (Å²) in [4.78, 5) is 4.43. The summed E-state index contributed by atoms with van der Waals surface area (Å²) >= 11 is 5.93. The van der Waals surface area contributed by atoms with E-state index in [1.807, 2.05) is 32.8 Å². The van der Waals surface area contributed by atoms with Crippen molar-refractivity contribution in [3.63, 3.8) is 0 Å². The van der Waals surface area contributed by atoms with E-state index in [4.69, 9.17) is 17.1 Å². The van der Waals surface area contributed by atoms with Gasteiger partial charge < -0.3 is 4.90 Å². The Morgan fingerprint density at radius 1 is 1.43 bits per heavy atom. The minimum Gasteiger partial charge on any atom is -0.303 e. The molecule has 1 N–H and O–H groups in total. The fraction of sp³-hybridized carbons (Fsp3) is 0.500. The molecule has 0 fully saturated rings. The lowest BCUT2D eigenvalue weighted by molar-refractivity contribution is 0.199. The van der Waals surface area contributed by atoms with Crippen LogP contribution in [-0.2, 0) is 10.0 Å². The van der Waals surface area contributed by atoms with E-state index in [0.717, 1.165) is 0 Å². The first-order valence-corrected chi connectivity index (χ1v) is 7.98. The first kappa shape index (κ1) is 17.7. The van der Waals surface area contributed by atoms with Crippen molar-refractivity contribution in [1.29, 1.82) is 0 Å². The quantitative estimate of drug-likeness (QED) is 0.493. The zero-order valence-electron chi connectivity index (χ0n) is 12.3. The lowest BCUT2D eigenvalue weighted by Gasteiger charge is -2.32. The Morgan fingerprint density at radius 2 is 2.05 bits per heavy atom. The predicted molar refractivity (Wildman–Crippen MR) is 83.2 cm³/mol. The van der Waals surface area contributed by atoms with Gasteiger partial charge in [0, 0.05) is 22.7 Å². The van der Waals surface area contributed by atoms with Gasteiger partial charge in [0.2, 0.25) is 10.0 Å². The van der Waals surface area contributed by atoms with Crippen LogP contribution in [0.1, 0.15) is 13.8 Å². The lowest BCUT2D eigenvalue weighted by Crippen LogP contribution is -2.48. The summed E-state index contributed by atoms with van der Waals surface area (Å²) < 4.78 is 27.2. The van der Waals surface area contributed by atoms with Crippen molar-refractivity contribution in [2.45, 2.75) is 24.3 Å². The van der Waals surface area contributed by atoms with Crippen LogP contribution in [0.5, 0.6) is 0 Å². The highest BCUT2D eigenvalue weighted by Crippen LogP contribution is 2.26. The molecule has 0 radical (unpaired) electrons. The number of sulfonamides is 1. The zero-order chi connectivity index (χ0) is 16.3. The Labute approximate surface area is 129 Å². The third-order valence-electron chi connectivity index (χ3n) is 3.27. The van der Waals surface area contributed by atoms with Crippen LogP contribution in [0.4, 0.5) is 5.69 Å². The first-order chi connectivity index (χ1) is 9.60. The maximum Gasteiger partial charge on any atom is 0.242 e. The summed E-state index contributed by atoms with van der Waals surface area (Å²) in [5, 5.41) is 3.45. The molecule has 0 aromatic heterocycles. The van der Waals surface area contributed by atoms with Crippen LogP contribution in [-0.4, -0.2) is 39.5 Å². The van der Waals surface area contributed by atoms with E-state index < -0.39 is 10.0 Å². The fourth-order valence-electron chi connectivity index (χ4n) is 1.32. The van der Waals surface area contributed by atoms with Crippen LogP contribution in [0.25, 0.3) is 10.4 Å². The number of hydrogen-bond acceptors (Lipinski definition) is 4. The number of halogens is 1. The Morgan fingerprint density at radius 3 is 2.57 bits per heavy atom. The van der Waals surface area contributed by atoms with Gasteiger partial charge in [-0.2, -0.15) is 0 Å². The molecule has 0 aliphatic heterocycles. The van der Waals surface area contributed by atoms with Crippen molar-refractivity contribution in [3.8, 4) is 0 Å². The number of azide groups is 1. The summed E-state index contributed by atoms with van der Waals surface area (Å²) in [5.74, 6) is 0. The molecule has 0 atom stereocenters. The second-order valence-electron chi connectivity index (χ2n) is 5.34. The fourth-order valence-corrected chi connectivity index (χ4v) is 3.04. The summed E-state index contributed by atoms with van der Waals surface area (Å²) in [6.07, 6.45) is 0. The molecule has 0 heterocycles. The molecule has 116 valence electrons. The van der Waals surface area contributed by atoms with Crippen molar-refractivity contribution in [2.24, 2.45) is 5.11 Å². The van der Waals surface area contributed by atoms with Gasteiger partial charge in [0.05, 0.1) is 5.02 Å². The van der Waals surface area contributed by atoms with E-state index in [1.54, 1.807) is 0 Å². The smallest absolute Gasteiger partial charge is 0.242 e. The number of rotatable bonds is 6. The molecule has 0 aliphatic rings. The van der Waals surface area contributed by atoms with Crippen LogP contribution < -0.4 is 4.72 Å². The van der Waals surface area contributed by atoms with E-state index in [0.29, 0.717) is 0 Å². The highest BCUT2D eigenvalue weighted by Gasteiger charge is 2.25. The topological polar surface area (TPSA) is 98.2 Å². The number of likely N-dealkylation sites (N-methyl/N-ethyl adjacent to an activating group) is 1. The van der Waals surface area contributed by atoms with Gasteiger partial charge in [-0.05, 0) is 45.6 Å². The summed E-state index contributed by atoms with van der Waals surface area (Å²) in [5.41, 5.74) is 8.24. The maximum atomic E-state index is 12.3. The molecule has 0 aliphatic carbocycles. The lowest BCUT2D eigenvalue weighted by atomic mass is 10.1. The standard InChI is InChI=1S/C12H18ClN5O2S/c1-12(2,18(3)4)8-15-21(19,20)11-7-9(16-17-14)5-6-10(11)13/h5-7,15H,8H2,1-4H3. The van der Waals surface area contributed by atoms with Crippen molar-refractivity contribution < 1.29 is 8.42 Å². The van der Waals surface area contributed by atoms with E-state index in [-0.39, 0.29) is 27.7 Å². The molecule has 0 amide bonds. The highest BCUT2D eigenvalue weighted by molar-refractivity contribution is 7.89. The third-order valence-corrected chi connectivity index (χ3v) is 5.15.